The molecule has 0 fully saturated rings. The molecule has 6 nitrogen and oxygen atoms in total. The number of nitro benzene ring substituents is 1. The lowest BCUT2D eigenvalue weighted by Crippen LogP contribution is -2.00. The van der Waals surface area contributed by atoms with Gasteiger partial charge < -0.3 is 9.47 Å². The lowest BCUT2D eigenvalue weighted by Gasteiger charge is -2.09. The van der Waals surface area contributed by atoms with Crippen molar-refractivity contribution in [3.05, 3.63) is 69.8 Å². The van der Waals surface area contributed by atoms with Crippen LogP contribution in [-0.4, -0.2) is 24.4 Å². The molecule has 24 heavy (non-hydrogen) atoms. The standard InChI is InChI=1S/C18H17NO5/c1-3-24-17-11-9-13(12-18(17)23-2)8-10-16(20)14-6-4-5-7-15(14)19(21)22/h4-12H,3H2,1-2H3/b10-8+. The van der Waals surface area contributed by atoms with Crippen molar-refractivity contribution < 1.29 is 19.2 Å². The third kappa shape index (κ3) is 3.98. The van der Waals surface area contributed by atoms with Gasteiger partial charge in [-0.3, -0.25) is 14.9 Å². The number of ether oxygens (including phenoxy) is 2. The summed E-state index contributed by atoms with van der Waals surface area (Å²) in [7, 11) is 1.53. The molecule has 2 rings (SSSR count). The fraction of sp³-hybridized carbons (Fsp3) is 0.167. The lowest BCUT2D eigenvalue weighted by molar-refractivity contribution is -0.385. The Morgan fingerprint density at radius 3 is 2.62 bits per heavy atom. The maximum atomic E-state index is 12.2. The number of rotatable bonds is 7. The first-order valence-corrected chi connectivity index (χ1v) is 7.33. The number of carbonyl (C=O) groups excluding carboxylic acids is 1. The number of ketones is 1. The maximum absolute atomic E-state index is 12.2. The Bertz CT molecular complexity index is 783. The van der Waals surface area contributed by atoms with Crippen molar-refractivity contribution in [3.8, 4) is 11.5 Å². The molecule has 2 aromatic rings. The van der Waals surface area contributed by atoms with Crippen molar-refractivity contribution in [3.63, 3.8) is 0 Å². The Balaban J connectivity index is 2.25. The van der Waals surface area contributed by atoms with E-state index in [9.17, 15) is 14.9 Å². The van der Waals surface area contributed by atoms with Crippen LogP contribution in [-0.2, 0) is 0 Å². The molecule has 0 aliphatic carbocycles. The number of para-hydroxylation sites is 1. The first kappa shape index (κ1) is 17.2. The first-order chi connectivity index (χ1) is 11.6. The number of methoxy groups -OCH3 is 1. The Hall–Kier alpha value is -3.15. The molecule has 0 radical (unpaired) electrons. The number of carbonyl (C=O) groups is 1. The van der Waals surface area contributed by atoms with E-state index in [-0.39, 0.29) is 11.3 Å². The molecule has 0 bridgehead atoms. The van der Waals surface area contributed by atoms with Gasteiger partial charge in [0, 0.05) is 6.07 Å². The molecule has 0 saturated carbocycles. The van der Waals surface area contributed by atoms with Crippen molar-refractivity contribution in [1.29, 1.82) is 0 Å². The normalized spacial score (nSPS) is 10.6. The van der Waals surface area contributed by atoms with E-state index >= 15 is 0 Å². The third-order valence-corrected chi connectivity index (χ3v) is 3.28. The first-order valence-electron chi connectivity index (χ1n) is 7.33. The Kier molecular flexibility index (Phi) is 5.68. The molecule has 2 aromatic carbocycles. The van der Waals surface area contributed by atoms with Crippen LogP contribution in [0.3, 0.4) is 0 Å². The minimum Gasteiger partial charge on any atom is -0.493 e. The molecule has 0 heterocycles. The number of allylic oxidation sites excluding steroid dienone is 1. The smallest absolute Gasteiger partial charge is 0.280 e. The van der Waals surface area contributed by atoms with Gasteiger partial charge in [0.2, 0.25) is 0 Å². The molecule has 0 aromatic heterocycles. The summed E-state index contributed by atoms with van der Waals surface area (Å²) in [5.74, 6) is 0.731. The van der Waals surface area contributed by atoms with Crippen molar-refractivity contribution in [2.75, 3.05) is 13.7 Å². The minimum atomic E-state index is -0.568. The van der Waals surface area contributed by atoms with Crippen molar-refractivity contribution >= 4 is 17.5 Å². The molecule has 0 aliphatic rings. The topological polar surface area (TPSA) is 78.7 Å². The quantitative estimate of drug-likeness (QED) is 0.333. The van der Waals surface area contributed by atoms with E-state index in [1.54, 1.807) is 30.3 Å². The largest absolute Gasteiger partial charge is 0.493 e. The molecule has 0 amide bonds. The van der Waals surface area contributed by atoms with Crippen molar-refractivity contribution in [1.82, 2.24) is 0 Å². The van der Waals surface area contributed by atoms with Crippen molar-refractivity contribution in [2.45, 2.75) is 6.92 Å². The van der Waals surface area contributed by atoms with Crippen molar-refractivity contribution in [2.24, 2.45) is 0 Å². The maximum Gasteiger partial charge on any atom is 0.280 e. The molecule has 0 aliphatic heterocycles. The third-order valence-electron chi connectivity index (χ3n) is 3.28. The summed E-state index contributed by atoms with van der Waals surface area (Å²) in [6.45, 7) is 2.39. The van der Waals surface area contributed by atoms with Crippen LogP contribution in [0, 0.1) is 10.1 Å². The van der Waals surface area contributed by atoms with E-state index in [1.165, 1.54) is 31.4 Å². The van der Waals surface area contributed by atoms with Crippen LogP contribution in [0.5, 0.6) is 11.5 Å². The number of hydrogen-bond donors (Lipinski definition) is 0. The predicted octanol–water partition coefficient (Wildman–Crippen LogP) is 3.90. The second-order valence-corrected chi connectivity index (χ2v) is 4.82. The summed E-state index contributed by atoms with van der Waals surface area (Å²) in [6, 6.07) is 11.1. The van der Waals surface area contributed by atoms with Crippen LogP contribution in [0.25, 0.3) is 6.08 Å². The van der Waals surface area contributed by atoms with E-state index in [4.69, 9.17) is 9.47 Å². The lowest BCUT2D eigenvalue weighted by atomic mass is 10.1. The Morgan fingerprint density at radius 2 is 1.96 bits per heavy atom. The summed E-state index contributed by atoms with van der Waals surface area (Å²) in [5, 5.41) is 11.0. The van der Waals surface area contributed by atoms with Gasteiger partial charge in [-0.2, -0.15) is 0 Å². The summed E-state index contributed by atoms with van der Waals surface area (Å²) in [5.41, 5.74) is 0.565. The molecule has 0 N–H and O–H groups in total. The van der Waals surface area contributed by atoms with Crippen LogP contribution >= 0.6 is 0 Å². The van der Waals surface area contributed by atoms with Gasteiger partial charge in [0.15, 0.2) is 17.3 Å². The van der Waals surface area contributed by atoms with Crippen LogP contribution in [0.2, 0.25) is 0 Å². The molecule has 0 unspecified atom stereocenters. The monoisotopic (exact) mass is 327 g/mol. The molecular weight excluding hydrogens is 310 g/mol. The second-order valence-electron chi connectivity index (χ2n) is 4.82. The highest BCUT2D eigenvalue weighted by Crippen LogP contribution is 2.28. The average molecular weight is 327 g/mol. The summed E-state index contributed by atoms with van der Waals surface area (Å²) in [4.78, 5) is 22.6. The minimum absolute atomic E-state index is 0.0525. The van der Waals surface area contributed by atoms with Crippen LogP contribution in [0.1, 0.15) is 22.8 Å². The zero-order valence-electron chi connectivity index (χ0n) is 13.4. The van der Waals surface area contributed by atoms with Crippen LogP contribution in [0.15, 0.2) is 48.5 Å². The van der Waals surface area contributed by atoms with E-state index in [2.05, 4.69) is 0 Å². The number of nitro groups is 1. The molecule has 124 valence electrons. The number of nitrogens with zero attached hydrogens (tertiary/aromatic N) is 1. The Labute approximate surface area is 139 Å². The molecule has 6 heteroatoms. The highest BCUT2D eigenvalue weighted by Gasteiger charge is 2.16. The molecule has 0 saturated heterocycles. The van der Waals surface area contributed by atoms with Crippen LogP contribution in [0.4, 0.5) is 5.69 Å². The summed E-state index contributed by atoms with van der Waals surface area (Å²) >= 11 is 0. The van der Waals surface area contributed by atoms with E-state index in [1.807, 2.05) is 6.92 Å². The number of benzene rings is 2. The van der Waals surface area contributed by atoms with Gasteiger partial charge in [-0.05, 0) is 36.8 Å². The van der Waals surface area contributed by atoms with Gasteiger partial charge in [0.25, 0.3) is 5.69 Å². The summed E-state index contributed by atoms with van der Waals surface area (Å²) < 4.78 is 10.7. The van der Waals surface area contributed by atoms with Crippen LogP contribution < -0.4 is 9.47 Å². The zero-order valence-corrected chi connectivity index (χ0v) is 13.4. The molecule has 0 spiro atoms. The van der Waals surface area contributed by atoms with E-state index in [0.717, 1.165) is 5.56 Å². The zero-order chi connectivity index (χ0) is 17.5. The summed E-state index contributed by atoms with van der Waals surface area (Å²) in [6.07, 6.45) is 2.88. The van der Waals surface area contributed by atoms with Gasteiger partial charge in [0.05, 0.1) is 24.2 Å². The van der Waals surface area contributed by atoms with E-state index < -0.39 is 10.7 Å². The molecular formula is C18H17NO5. The van der Waals surface area contributed by atoms with Gasteiger partial charge in [-0.25, -0.2) is 0 Å². The molecule has 0 atom stereocenters. The van der Waals surface area contributed by atoms with E-state index in [0.29, 0.717) is 18.1 Å². The number of hydrogen-bond acceptors (Lipinski definition) is 5. The fourth-order valence-corrected chi connectivity index (χ4v) is 2.17. The average Bonchev–Trinajstić information content (AvgIpc) is 2.60. The predicted molar refractivity (Wildman–Crippen MR) is 90.6 cm³/mol. The van der Waals surface area contributed by atoms with Gasteiger partial charge in [-0.15, -0.1) is 0 Å². The fourth-order valence-electron chi connectivity index (χ4n) is 2.17. The highest BCUT2D eigenvalue weighted by atomic mass is 16.6. The second kappa shape index (κ2) is 7.92. The SMILES string of the molecule is CCOc1ccc(/C=C/C(=O)c2ccccc2[N+](=O)[O-])cc1OC. The highest BCUT2D eigenvalue weighted by molar-refractivity contribution is 6.09. The van der Waals surface area contributed by atoms with Gasteiger partial charge in [-0.1, -0.05) is 24.3 Å². The van der Waals surface area contributed by atoms with Gasteiger partial charge in [0.1, 0.15) is 0 Å². The Morgan fingerprint density at radius 1 is 1.21 bits per heavy atom. The van der Waals surface area contributed by atoms with Gasteiger partial charge >= 0.3 is 0 Å².